The number of hydrogen-bond donors (Lipinski definition) is 1. The molecule has 0 saturated carbocycles. The van der Waals surface area contributed by atoms with Crippen molar-refractivity contribution in [2.45, 2.75) is 13.0 Å². The molecule has 0 spiro atoms. The van der Waals surface area contributed by atoms with E-state index >= 15 is 0 Å². The molecule has 0 aliphatic carbocycles. The molecular formula is C10H13NO3. The summed E-state index contributed by atoms with van der Waals surface area (Å²) < 4.78 is 9.86. The minimum absolute atomic E-state index is 0.359. The number of methoxy groups -OCH3 is 1. The normalized spacial score (nSPS) is 11.9. The first-order valence-electron chi connectivity index (χ1n) is 4.23. The minimum Gasteiger partial charge on any atom is -0.497 e. The molecule has 0 aliphatic rings. The monoisotopic (exact) mass is 195 g/mol. The molecule has 0 radical (unpaired) electrons. The Bertz CT molecular complexity index is 325. The quantitative estimate of drug-likeness (QED) is 0.800. The number of primary amides is 1. The highest BCUT2D eigenvalue weighted by molar-refractivity contribution is 5.65. The van der Waals surface area contributed by atoms with Crippen molar-refractivity contribution >= 4 is 6.09 Å². The van der Waals surface area contributed by atoms with Gasteiger partial charge in [0.25, 0.3) is 0 Å². The summed E-state index contributed by atoms with van der Waals surface area (Å²) in [6, 6.07) is 7.29. The fraction of sp³-hybridized carbons (Fsp3) is 0.300. The Hall–Kier alpha value is -1.71. The van der Waals surface area contributed by atoms with E-state index < -0.39 is 6.09 Å². The van der Waals surface area contributed by atoms with Gasteiger partial charge in [0.1, 0.15) is 11.9 Å². The Kier molecular flexibility index (Phi) is 3.34. The molecule has 1 aromatic rings. The van der Waals surface area contributed by atoms with Crippen molar-refractivity contribution in [3.63, 3.8) is 0 Å². The van der Waals surface area contributed by atoms with E-state index in [9.17, 15) is 4.79 Å². The second-order valence-electron chi connectivity index (χ2n) is 2.86. The highest BCUT2D eigenvalue weighted by atomic mass is 16.6. The summed E-state index contributed by atoms with van der Waals surface area (Å²) in [5, 5.41) is 0. The van der Waals surface area contributed by atoms with Crippen molar-refractivity contribution in [1.29, 1.82) is 0 Å². The van der Waals surface area contributed by atoms with Crippen LogP contribution in [0, 0.1) is 0 Å². The summed E-state index contributed by atoms with van der Waals surface area (Å²) in [5.74, 6) is 0.724. The fourth-order valence-electron chi connectivity index (χ4n) is 1.14. The van der Waals surface area contributed by atoms with Crippen molar-refractivity contribution in [3.05, 3.63) is 29.8 Å². The molecule has 76 valence electrons. The molecule has 1 atom stereocenters. The van der Waals surface area contributed by atoms with E-state index in [0.29, 0.717) is 0 Å². The Morgan fingerprint density at radius 2 is 2.21 bits per heavy atom. The summed E-state index contributed by atoms with van der Waals surface area (Å²) in [6.07, 6.45) is -1.14. The zero-order valence-corrected chi connectivity index (χ0v) is 8.19. The van der Waals surface area contributed by atoms with E-state index in [2.05, 4.69) is 0 Å². The average Bonchev–Trinajstić information content (AvgIpc) is 2.17. The first-order valence-corrected chi connectivity index (χ1v) is 4.23. The van der Waals surface area contributed by atoms with Crippen LogP contribution in [0.2, 0.25) is 0 Å². The molecule has 0 bridgehead atoms. The van der Waals surface area contributed by atoms with Gasteiger partial charge in [-0.25, -0.2) is 4.79 Å². The molecule has 1 amide bonds. The molecule has 0 aromatic heterocycles. The van der Waals surface area contributed by atoms with Gasteiger partial charge in [0, 0.05) is 0 Å². The maximum Gasteiger partial charge on any atom is 0.405 e. The number of hydrogen-bond acceptors (Lipinski definition) is 3. The number of nitrogens with two attached hydrogens (primary N) is 1. The molecule has 4 nitrogen and oxygen atoms in total. The SMILES string of the molecule is COc1cccc(C(C)OC(N)=O)c1. The largest absolute Gasteiger partial charge is 0.497 e. The smallest absolute Gasteiger partial charge is 0.405 e. The number of ether oxygens (including phenoxy) is 2. The van der Waals surface area contributed by atoms with Gasteiger partial charge in [0.15, 0.2) is 0 Å². The van der Waals surface area contributed by atoms with Crippen molar-refractivity contribution in [1.82, 2.24) is 0 Å². The van der Waals surface area contributed by atoms with E-state index in [0.717, 1.165) is 11.3 Å². The Morgan fingerprint density at radius 3 is 2.79 bits per heavy atom. The van der Waals surface area contributed by atoms with Gasteiger partial charge in [0.05, 0.1) is 7.11 Å². The highest BCUT2D eigenvalue weighted by Gasteiger charge is 2.09. The maximum absolute atomic E-state index is 10.5. The van der Waals surface area contributed by atoms with Crippen LogP contribution in [0.3, 0.4) is 0 Å². The lowest BCUT2D eigenvalue weighted by molar-refractivity contribution is 0.116. The molecule has 1 unspecified atom stereocenters. The van der Waals surface area contributed by atoms with Crippen LogP contribution in [-0.4, -0.2) is 13.2 Å². The third-order valence-electron chi connectivity index (χ3n) is 1.86. The molecule has 1 aromatic carbocycles. The van der Waals surface area contributed by atoms with Crippen LogP contribution < -0.4 is 10.5 Å². The lowest BCUT2D eigenvalue weighted by Crippen LogP contribution is -2.15. The molecule has 1 rings (SSSR count). The predicted octanol–water partition coefficient (Wildman–Crippen LogP) is 1.85. The lowest BCUT2D eigenvalue weighted by Gasteiger charge is -2.12. The van der Waals surface area contributed by atoms with Crippen LogP contribution in [0.25, 0.3) is 0 Å². The van der Waals surface area contributed by atoms with Gasteiger partial charge >= 0.3 is 6.09 Å². The average molecular weight is 195 g/mol. The van der Waals surface area contributed by atoms with Gasteiger partial charge in [0.2, 0.25) is 0 Å². The van der Waals surface area contributed by atoms with Crippen LogP contribution in [0.4, 0.5) is 4.79 Å². The number of benzene rings is 1. The Labute approximate surface area is 82.6 Å². The Balaban J connectivity index is 2.78. The molecule has 0 fully saturated rings. The highest BCUT2D eigenvalue weighted by Crippen LogP contribution is 2.21. The zero-order valence-electron chi connectivity index (χ0n) is 8.19. The summed E-state index contributed by atoms with van der Waals surface area (Å²) in [5.41, 5.74) is 5.76. The van der Waals surface area contributed by atoms with Crippen LogP contribution in [0.15, 0.2) is 24.3 Å². The lowest BCUT2D eigenvalue weighted by atomic mass is 10.1. The third-order valence-corrected chi connectivity index (χ3v) is 1.86. The second kappa shape index (κ2) is 4.50. The van der Waals surface area contributed by atoms with Gasteiger partial charge in [-0.3, -0.25) is 0 Å². The summed E-state index contributed by atoms with van der Waals surface area (Å²) in [4.78, 5) is 10.5. The van der Waals surface area contributed by atoms with Crippen molar-refractivity contribution in [2.24, 2.45) is 5.73 Å². The van der Waals surface area contributed by atoms with Gasteiger partial charge in [-0.15, -0.1) is 0 Å². The molecule has 0 saturated heterocycles. The van der Waals surface area contributed by atoms with E-state index in [-0.39, 0.29) is 6.10 Å². The van der Waals surface area contributed by atoms with Crippen LogP contribution in [0.1, 0.15) is 18.6 Å². The van der Waals surface area contributed by atoms with Crippen LogP contribution in [0.5, 0.6) is 5.75 Å². The van der Waals surface area contributed by atoms with Crippen molar-refractivity contribution in [3.8, 4) is 5.75 Å². The number of amides is 1. The topological polar surface area (TPSA) is 61.6 Å². The fourth-order valence-corrected chi connectivity index (χ4v) is 1.14. The Morgan fingerprint density at radius 1 is 1.50 bits per heavy atom. The summed E-state index contributed by atoms with van der Waals surface area (Å²) >= 11 is 0. The van der Waals surface area contributed by atoms with Crippen LogP contribution >= 0.6 is 0 Å². The standard InChI is InChI=1S/C10H13NO3/c1-7(14-10(11)12)8-4-3-5-9(6-8)13-2/h3-7H,1-2H3,(H2,11,12). The summed E-state index contributed by atoms with van der Waals surface area (Å²) in [7, 11) is 1.58. The molecular weight excluding hydrogens is 182 g/mol. The molecule has 14 heavy (non-hydrogen) atoms. The first kappa shape index (κ1) is 10.4. The molecule has 2 N–H and O–H groups in total. The van der Waals surface area contributed by atoms with Crippen LogP contribution in [-0.2, 0) is 4.74 Å². The zero-order chi connectivity index (χ0) is 10.6. The van der Waals surface area contributed by atoms with Gasteiger partial charge in [-0.1, -0.05) is 12.1 Å². The van der Waals surface area contributed by atoms with E-state index in [1.165, 1.54) is 0 Å². The molecule has 0 heterocycles. The predicted molar refractivity (Wildman–Crippen MR) is 52.1 cm³/mol. The minimum atomic E-state index is -0.777. The first-order chi connectivity index (χ1) is 6.63. The van der Waals surface area contributed by atoms with E-state index in [1.807, 2.05) is 18.2 Å². The van der Waals surface area contributed by atoms with Crippen molar-refractivity contribution in [2.75, 3.05) is 7.11 Å². The van der Waals surface area contributed by atoms with Crippen molar-refractivity contribution < 1.29 is 14.3 Å². The number of rotatable bonds is 3. The van der Waals surface area contributed by atoms with Gasteiger partial charge < -0.3 is 15.2 Å². The second-order valence-corrected chi connectivity index (χ2v) is 2.86. The number of carbonyl (C=O) groups is 1. The maximum atomic E-state index is 10.5. The van der Waals surface area contributed by atoms with Gasteiger partial charge in [-0.2, -0.15) is 0 Å². The van der Waals surface area contributed by atoms with E-state index in [1.54, 1.807) is 20.1 Å². The molecule has 4 heteroatoms. The number of carbonyl (C=O) groups excluding carboxylic acids is 1. The summed E-state index contributed by atoms with van der Waals surface area (Å²) in [6.45, 7) is 1.75. The third kappa shape index (κ3) is 2.65. The van der Waals surface area contributed by atoms with Gasteiger partial charge in [-0.05, 0) is 24.6 Å². The molecule has 0 aliphatic heterocycles. The van der Waals surface area contributed by atoms with E-state index in [4.69, 9.17) is 15.2 Å².